The Morgan fingerprint density at radius 1 is 1.46 bits per heavy atom. The summed E-state index contributed by atoms with van der Waals surface area (Å²) in [6.45, 7) is 3.77. The molecule has 2 atom stereocenters. The van der Waals surface area contributed by atoms with E-state index in [1.165, 1.54) is 10.5 Å². The summed E-state index contributed by atoms with van der Waals surface area (Å²) < 4.78 is 6.86. The third kappa shape index (κ3) is 2.68. The molecule has 0 aromatic carbocycles. The van der Waals surface area contributed by atoms with Gasteiger partial charge in [0.25, 0.3) is 5.56 Å². The zero-order chi connectivity index (χ0) is 18.5. The average Bonchev–Trinajstić information content (AvgIpc) is 3.10. The van der Waals surface area contributed by atoms with Crippen LogP contribution in [0.15, 0.2) is 29.2 Å². The number of fused-ring (bicyclic) bond motifs is 2. The van der Waals surface area contributed by atoms with Crippen LogP contribution in [0.3, 0.4) is 0 Å². The zero-order valence-electron chi connectivity index (χ0n) is 14.6. The number of carbonyl (C=O) groups is 2. The second-order valence-corrected chi connectivity index (χ2v) is 8.35. The molecule has 2 saturated heterocycles. The number of carbonyl (C=O) groups excluding carboxylic acids is 2. The van der Waals surface area contributed by atoms with Crippen molar-refractivity contribution in [3.05, 3.63) is 46.0 Å². The van der Waals surface area contributed by atoms with Crippen LogP contribution in [0.1, 0.15) is 31.0 Å². The lowest BCUT2D eigenvalue weighted by atomic mass is 10.2. The minimum absolute atomic E-state index is 0.00264. The third-order valence-electron chi connectivity index (χ3n) is 5.02. The summed E-state index contributed by atoms with van der Waals surface area (Å²) in [6, 6.07) is 4.46. The summed E-state index contributed by atoms with van der Waals surface area (Å²) in [7, 11) is 0. The number of ether oxygens (including phenoxy) is 1. The lowest BCUT2D eigenvalue weighted by molar-refractivity contribution is -0.154. The first-order valence-corrected chi connectivity index (χ1v) is 9.48. The smallest absolute Gasteiger partial charge is 0.330 e. The molecular formula is C18H19N3O4S. The van der Waals surface area contributed by atoms with Crippen LogP contribution < -0.4 is 5.56 Å². The SMILES string of the molecule is Cc1cccn2c(=O)cc(COC(=O)[C@@H]3CS[C@@]4(C)CCC(=O)N34)nc12. The fraction of sp³-hybridized carbons (Fsp3) is 0.444. The van der Waals surface area contributed by atoms with E-state index in [-0.39, 0.29) is 22.9 Å². The van der Waals surface area contributed by atoms with Crippen molar-refractivity contribution in [1.29, 1.82) is 0 Å². The Morgan fingerprint density at radius 3 is 3.08 bits per heavy atom. The van der Waals surface area contributed by atoms with E-state index in [1.54, 1.807) is 28.9 Å². The van der Waals surface area contributed by atoms with Crippen LogP contribution in [-0.2, 0) is 20.9 Å². The van der Waals surface area contributed by atoms with Crippen molar-refractivity contribution in [3.8, 4) is 0 Å². The van der Waals surface area contributed by atoms with E-state index in [2.05, 4.69) is 4.98 Å². The number of thioether (sulfide) groups is 1. The van der Waals surface area contributed by atoms with E-state index in [4.69, 9.17) is 4.74 Å². The topological polar surface area (TPSA) is 81.0 Å². The molecule has 0 radical (unpaired) electrons. The van der Waals surface area contributed by atoms with Gasteiger partial charge in [-0.05, 0) is 31.9 Å². The number of esters is 1. The number of hydrogen-bond acceptors (Lipinski definition) is 6. The number of pyridine rings is 1. The van der Waals surface area contributed by atoms with Crippen molar-refractivity contribution in [3.63, 3.8) is 0 Å². The van der Waals surface area contributed by atoms with Gasteiger partial charge in [-0.25, -0.2) is 9.78 Å². The first-order chi connectivity index (χ1) is 12.4. The lowest BCUT2D eigenvalue weighted by Gasteiger charge is -2.29. The maximum atomic E-state index is 12.5. The van der Waals surface area contributed by atoms with Crippen LogP contribution in [0.2, 0.25) is 0 Å². The molecule has 2 aromatic rings. The summed E-state index contributed by atoms with van der Waals surface area (Å²) in [5.41, 5.74) is 1.59. The number of amides is 1. The normalized spacial score (nSPS) is 24.9. The Balaban J connectivity index is 1.52. The maximum Gasteiger partial charge on any atom is 0.330 e. The highest BCUT2D eigenvalue weighted by Gasteiger charge is 2.53. The third-order valence-corrected chi connectivity index (χ3v) is 6.52. The Morgan fingerprint density at radius 2 is 2.27 bits per heavy atom. The Bertz CT molecular complexity index is 973. The van der Waals surface area contributed by atoms with Crippen LogP contribution in [0.5, 0.6) is 0 Å². The van der Waals surface area contributed by atoms with Gasteiger partial charge in [-0.15, -0.1) is 11.8 Å². The van der Waals surface area contributed by atoms with Crippen molar-refractivity contribution in [2.45, 2.75) is 44.2 Å². The van der Waals surface area contributed by atoms with Crippen molar-refractivity contribution in [2.24, 2.45) is 0 Å². The summed E-state index contributed by atoms with van der Waals surface area (Å²) >= 11 is 1.62. The number of hydrogen-bond donors (Lipinski definition) is 0. The molecule has 2 aromatic heterocycles. The van der Waals surface area contributed by atoms with Gasteiger partial charge < -0.3 is 9.64 Å². The first kappa shape index (κ1) is 17.1. The van der Waals surface area contributed by atoms with Crippen molar-refractivity contribution < 1.29 is 14.3 Å². The van der Waals surface area contributed by atoms with Gasteiger partial charge in [-0.2, -0.15) is 0 Å². The molecule has 0 bridgehead atoms. The number of rotatable bonds is 3. The highest BCUT2D eigenvalue weighted by atomic mass is 32.2. The van der Waals surface area contributed by atoms with E-state index in [1.807, 2.05) is 19.9 Å². The van der Waals surface area contributed by atoms with Gasteiger partial charge in [0.15, 0.2) is 0 Å². The van der Waals surface area contributed by atoms with Crippen LogP contribution >= 0.6 is 11.8 Å². The molecule has 136 valence electrons. The van der Waals surface area contributed by atoms with Crippen LogP contribution in [-0.4, -0.2) is 42.8 Å². The van der Waals surface area contributed by atoms with E-state index in [0.717, 1.165) is 12.0 Å². The highest BCUT2D eigenvalue weighted by molar-refractivity contribution is 8.01. The van der Waals surface area contributed by atoms with E-state index < -0.39 is 12.0 Å². The van der Waals surface area contributed by atoms with Crippen LogP contribution in [0.25, 0.3) is 5.65 Å². The van der Waals surface area contributed by atoms with Gasteiger partial charge in [0, 0.05) is 24.4 Å². The van der Waals surface area contributed by atoms with Gasteiger partial charge in [-0.1, -0.05) is 6.07 Å². The zero-order valence-corrected chi connectivity index (χ0v) is 15.4. The molecule has 1 amide bonds. The molecule has 0 N–H and O–H groups in total. The Hall–Kier alpha value is -2.35. The molecule has 7 nitrogen and oxygen atoms in total. The number of aryl methyl sites for hydroxylation is 1. The predicted octanol–water partition coefficient (Wildman–Crippen LogP) is 1.50. The quantitative estimate of drug-likeness (QED) is 0.759. The Kier molecular flexibility index (Phi) is 4.02. The standard InChI is InChI=1S/C18H19N3O4S/c1-11-4-3-7-20-15(23)8-12(19-16(11)20)9-25-17(24)13-10-26-18(2)6-5-14(22)21(13)18/h3-4,7-8,13H,5-6,9-10H2,1-2H3/t13-,18-/m0/s1. The summed E-state index contributed by atoms with van der Waals surface area (Å²) in [5.74, 6) is 0.0916. The van der Waals surface area contributed by atoms with Crippen molar-refractivity contribution in [1.82, 2.24) is 14.3 Å². The molecule has 0 saturated carbocycles. The highest BCUT2D eigenvalue weighted by Crippen LogP contribution is 2.47. The molecule has 0 aliphatic carbocycles. The molecular weight excluding hydrogens is 354 g/mol. The van der Waals surface area contributed by atoms with Gasteiger partial charge in [0.1, 0.15) is 18.3 Å². The molecule has 2 fully saturated rings. The van der Waals surface area contributed by atoms with E-state index in [0.29, 0.717) is 23.5 Å². The minimum atomic E-state index is -0.566. The van der Waals surface area contributed by atoms with Gasteiger partial charge in [-0.3, -0.25) is 14.0 Å². The molecule has 4 rings (SSSR count). The van der Waals surface area contributed by atoms with Crippen LogP contribution in [0.4, 0.5) is 0 Å². The molecule has 4 heterocycles. The minimum Gasteiger partial charge on any atom is -0.458 e. The van der Waals surface area contributed by atoms with Gasteiger partial charge >= 0.3 is 5.97 Å². The van der Waals surface area contributed by atoms with E-state index in [9.17, 15) is 14.4 Å². The maximum absolute atomic E-state index is 12.5. The molecule has 0 unspecified atom stereocenters. The fourth-order valence-corrected chi connectivity index (χ4v) is 5.04. The largest absolute Gasteiger partial charge is 0.458 e. The van der Waals surface area contributed by atoms with Crippen molar-refractivity contribution in [2.75, 3.05) is 5.75 Å². The van der Waals surface area contributed by atoms with Gasteiger partial charge in [0.2, 0.25) is 5.91 Å². The molecule has 2 aliphatic heterocycles. The second-order valence-electron chi connectivity index (χ2n) is 6.84. The first-order valence-electron chi connectivity index (χ1n) is 8.50. The van der Waals surface area contributed by atoms with Crippen LogP contribution in [0, 0.1) is 6.92 Å². The summed E-state index contributed by atoms with van der Waals surface area (Å²) in [4.78, 5) is 42.6. The molecule has 8 heteroatoms. The number of nitrogens with zero attached hydrogens (tertiary/aromatic N) is 3. The number of aromatic nitrogens is 2. The second kappa shape index (κ2) is 6.12. The Labute approximate surface area is 154 Å². The molecule has 2 aliphatic rings. The van der Waals surface area contributed by atoms with Gasteiger partial charge in [0.05, 0.1) is 10.6 Å². The monoisotopic (exact) mass is 373 g/mol. The predicted molar refractivity (Wildman–Crippen MR) is 96.7 cm³/mol. The summed E-state index contributed by atoms with van der Waals surface area (Å²) in [6.07, 6.45) is 2.88. The fourth-order valence-electron chi connectivity index (χ4n) is 3.62. The molecule has 0 spiro atoms. The average molecular weight is 373 g/mol. The van der Waals surface area contributed by atoms with E-state index >= 15 is 0 Å². The molecule has 26 heavy (non-hydrogen) atoms. The summed E-state index contributed by atoms with van der Waals surface area (Å²) in [5, 5.41) is 0. The van der Waals surface area contributed by atoms with Crippen molar-refractivity contribution >= 4 is 29.3 Å². The lowest BCUT2D eigenvalue weighted by Crippen LogP contribution is -2.46.